The quantitative estimate of drug-likeness (QED) is 0.715. The monoisotopic (exact) mass is 210 g/mol. The van der Waals surface area contributed by atoms with Gasteiger partial charge in [0.05, 0.1) is 0 Å². The molecule has 1 saturated heterocycles. The molecule has 16 heavy (non-hydrogen) atoms. The number of allylic oxidation sites excluding steroid dienone is 1. The van der Waals surface area contributed by atoms with Gasteiger partial charge in [0.1, 0.15) is 0 Å². The Labute approximate surface area is 95.8 Å². The highest BCUT2D eigenvalue weighted by atomic mass is 15.0. The molecule has 2 aliphatic rings. The third-order valence-electron chi connectivity index (χ3n) is 3.59. The van der Waals surface area contributed by atoms with Crippen molar-refractivity contribution in [1.82, 2.24) is 10.3 Å². The van der Waals surface area contributed by atoms with Crippen molar-refractivity contribution in [3.63, 3.8) is 0 Å². The van der Waals surface area contributed by atoms with Crippen molar-refractivity contribution in [2.24, 2.45) is 5.92 Å². The van der Waals surface area contributed by atoms with Gasteiger partial charge >= 0.3 is 0 Å². The van der Waals surface area contributed by atoms with Crippen LogP contribution >= 0.6 is 0 Å². The number of hydrogen-bond donors (Lipinski definition) is 1. The number of nitrogens with zero attached hydrogens (tertiary/aromatic N) is 1. The van der Waals surface area contributed by atoms with Gasteiger partial charge in [-0.15, -0.1) is 6.42 Å². The van der Waals surface area contributed by atoms with Gasteiger partial charge in [-0.3, -0.25) is 4.98 Å². The van der Waals surface area contributed by atoms with Gasteiger partial charge in [-0.05, 0) is 36.0 Å². The molecular weight excluding hydrogens is 196 g/mol. The highest BCUT2D eigenvalue weighted by Gasteiger charge is 2.32. The van der Waals surface area contributed by atoms with Gasteiger partial charge < -0.3 is 5.32 Å². The molecule has 3 rings (SSSR count). The van der Waals surface area contributed by atoms with E-state index >= 15 is 0 Å². The van der Waals surface area contributed by atoms with Crippen LogP contribution in [0.3, 0.4) is 0 Å². The highest BCUT2D eigenvalue weighted by Crippen LogP contribution is 2.34. The number of nitrogens with one attached hydrogen (secondary N) is 1. The zero-order valence-corrected chi connectivity index (χ0v) is 9.11. The predicted octanol–water partition coefficient (Wildman–Crippen LogP) is 1.83. The average molecular weight is 210 g/mol. The highest BCUT2D eigenvalue weighted by molar-refractivity contribution is 5.67. The Balaban J connectivity index is 1.89. The molecule has 0 radical (unpaired) electrons. The van der Waals surface area contributed by atoms with E-state index in [1.807, 2.05) is 6.20 Å². The molecule has 1 fully saturated rings. The number of pyridine rings is 1. The fraction of sp³-hybridized carbons (Fsp3) is 0.357. The van der Waals surface area contributed by atoms with E-state index in [-0.39, 0.29) is 0 Å². The fourth-order valence-electron chi connectivity index (χ4n) is 2.48. The lowest BCUT2D eigenvalue weighted by molar-refractivity contribution is 0.231. The molecular formula is C14H14N2. The zero-order valence-electron chi connectivity index (χ0n) is 9.11. The smallest absolute Gasteiger partial charge is 0.0432 e. The first-order valence-corrected chi connectivity index (χ1v) is 5.71. The maximum absolute atomic E-state index is 5.39. The molecule has 1 aliphatic carbocycles. The second-order valence-corrected chi connectivity index (χ2v) is 4.55. The number of terminal acetylenes is 1. The lowest BCUT2D eigenvalue weighted by atomic mass is 9.78. The van der Waals surface area contributed by atoms with Crippen LogP contribution in [0, 0.1) is 18.3 Å². The van der Waals surface area contributed by atoms with Gasteiger partial charge in [0.15, 0.2) is 0 Å². The molecule has 0 aromatic carbocycles. The molecule has 2 nitrogen and oxygen atoms in total. The standard InChI is InChI=1S/C14H14N2/c1-2-10-5-13(8-15-7-10)11-3-4-12-9-16-14(12)6-11/h1,3,5,7-8,12,14,16H,4,6,9H2. The van der Waals surface area contributed by atoms with Crippen LogP contribution in [0.1, 0.15) is 24.0 Å². The van der Waals surface area contributed by atoms with Crippen molar-refractivity contribution in [2.45, 2.75) is 18.9 Å². The maximum atomic E-state index is 5.39. The summed E-state index contributed by atoms with van der Waals surface area (Å²) in [6.07, 6.45) is 13.7. The number of aromatic nitrogens is 1. The molecule has 1 N–H and O–H groups in total. The van der Waals surface area contributed by atoms with Crippen LogP contribution in [0.25, 0.3) is 5.57 Å². The van der Waals surface area contributed by atoms with Crippen molar-refractivity contribution in [1.29, 1.82) is 0 Å². The predicted molar refractivity (Wildman–Crippen MR) is 64.7 cm³/mol. The Kier molecular flexibility index (Phi) is 2.27. The molecule has 0 spiro atoms. The summed E-state index contributed by atoms with van der Waals surface area (Å²) in [5, 5.41) is 3.47. The third-order valence-corrected chi connectivity index (χ3v) is 3.59. The van der Waals surface area contributed by atoms with Gasteiger partial charge in [0, 0.05) is 30.5 Å². The van der Waals surface area contributed by atoms with Gasteiger partial charge in [0.25, 0.3) is 0 Å². The minimum atomic E-state index is 0.675. The van der Waals surface area contributed by atoms with E-state index in [2.05, 4.69) is 28.4 Å². The summed E-state index contributed by atoms with van der Waals surface area (Å²) < 4.78 is 0. The van der Waals surface area contributed by atoms with Gasteiger partial charge in [-0.2, -0.15) is 0 Å². The Morgan fingerprint density at radius 2 is 2.38 bits per heavy atom. The van der Waals surface area contributed by atoms with Crippen LogP contribution < -0.4 is 5.32 Å². The molecule has 1 aromatic heterocycles. The van der Waals surface area contributed by atoms with Crippen molar-refractivity contribution in [3.05, 3.63) is 35.7 Å². The van der Waals surface area contributed by atoms with E-state index in [9.17, 15) is 0 Å². The lowest BCUT2D eigenvalue weighted by Gasteiger charge is -2.41. The molecule has 80 valence electrons. The molecule has 1 aliphatic heterocycles. The minimum absolute atomic E-state index is 0.675. The minimum Gasteiger partial charge on any atom is -0.313 e. The van der Waals surface area contributed by atoms with E-state index in [1.165, 1.54) is 24.1 Å². The summed E-state index contributed by atoms with van der Waals surface area (Å²) in [4.78, 5) is 4.19. The topological polar surface area (TPSA) is 24.9 Å². The van der Waals surface area contributed by atoms with E-state index in [1.54, 1.807) is 6.20 Å². The normalized spacial score (nSPS) is 27.3. The Morgan fingerprint density at radius 1 is 1.44 bits per heavy atom. The summed E-state index contributed by atoms with van der Waals surface area (Å²) in [7, 11) is 0. The summed E-state index contributed by atoms with van der Waals surface area (Å²) in [6, 6.07) is 2.73. The third kappa shape index (κ3) is 1.54. The maximum Gasteiger partial charge on any atom is 0.0432 e. The van der Waals surface area contributed by atoms with Crippen LogP contribution in [0.15, 0.2) is 24.5 Å². The summed E-state index contributed by atoms with van der Waals surface area (Å²) >= 11 is 0. The van der Waals surface area contributed by atoms with Crippen LogP contribution in [0.2, 0.25) is 0 Å². The molecule has 0 saturated carbocycles. The van der Waals surface area contributed by atoms with Crippen LogP contribution in [-0.2, 0) is 0 Å². The van der Waals surface area contributed by atoms with E-state index in [0.717, 1.165) is 17.9 Å². The molecule has 0 bridgehead atoms. The lowest BCUT2D eigenvalue weighted by Crippen LogP contribution is -2.53. The van der Waals surface area contributed by atoms with Gasteiger partial charge in [-0.1, -0.05) is 12.0 Å². The molecule has 2 heterocycles. The van der Waals surface area contributed by atoms with Crippen molar-refractivity contribution in [2.75, 3.05) is 6.54 Å². The van der Waals surface area contributed by atoms with E-state index in [4.69, 9.17) is 6.42 Å². The second kappa shape index (κ2) is 3.77. The summed E-state index contributed by atoms with van der Waals surface area (Å²) in [5.74, 6) is 3.49. The van der Waals surface area contributed by atoms with Gasteiger partial charge in [0.2, 0.25) is 0 Å². The summed E-state index contributed by atoms with van der Waals surface area (Å²) in [5.41, 5.74) is 3.43. The zero-order chi connectivity index (χ0) is 11.0. The SMILES string of the molecule is C#Cc1cncc(C2=CCC3CNC3C2)c1. The number of hydrogen-bond acceptors (Lipinski definition) is 2. The first kappa shape index (κ1) is 9.62. The van der Waals surface area contributed by atoms with Crippen LogP contribution in [0.5, 0.6) is 0 Å². The molecule has 2 unspecified atom stereocenters. The summed E-state index contributed by atoms with van der Waals surface area (Å²) in [6.45, 7) is 1.18. The van der Waals surface area contributed by atoms with Gasteiger partial charge in [-0.25, -0.2) is 0 Å². The first-order valence-electron chi connectivity index (χ1n) is 5.71. The van der Waals surface area contributed by atoms with Crippen molar-refractivity contribution in [3.8, 4) is 12.3 Å². The second-order valence-electron chi connectivity index (χ2n) is 4.55. The van der Waals surface area contributed by atoms with Crippen LogP contribution in [0.4, 0.5) is 0 Å². The number of fused-ring (bicyclic) bond motifs is 1. The van der Waals surface area contributed by atoms with E-state index < -0.39 is 0 Å². The van der Waals surface area contributed by atoms with E-state index in [0.29, 0.717) is 6.04 Å². The largest absolute Gasteiger partial charge is 0.313 e. The van der Waals surface area contributed by atoms with Crippen LogP contribution in [-0.4, -0.2) is 17.6 Å². The Hall–Kier alpha value is -1.59. The first-order chi connectivity index (χ1) is 7.86. The van der Waals surface area contributed by atoms with Crippen molar-refractivity contribution < 1.29 is 0 Å². The number of rotatable bonds is 1. The Bertz CT molecular complexity index is 482. The fourth-order valence-corrected chi connectivity index (χ4v) is 2.48. The molecule has 2 atom stereocenters. The molecule has 2 heteroatoms. The Morgan fingerprint density at radius 3 is 3.06 bits per heavy atom. The molecule has 0 amide bonds. The molecule has 1 aromatic rings. The average Bonchev–Trinajstić information content (AvgIpc) is 2.31. The van der Waals surface area contributed by atoms with Crippen molar-refractivity contribution >= 4 is 5.57 Å².